The number of unbranched alkanes of at least 4 members (excludes halogenated alkanes) is 21. The molecule has 0 bridgehead atoms. The van der Waals surface area contributed by atoms with E-state index in [9.17, 15) is 19.5 Å². The van der Waals surface area contributed by atoms with Gasteiger partial charge in [0.2, 0.25) is 0 Å². The van der Waals surface area contributed by atoms with Gasteiger partial charge in [0, 0.05) is 19.3 Å². The maximum Gasteiger partial charge on any atom is 0.306 e. The molecule has 2 unspecified atom stereocenters. The number of carbonyl (C=O) groups is 3. The summed E-state index contributed by atoms with van der Waals surface area (Å²) in [6, 6.07) is -0.734. The van der Waals surface area contributed by atoms with Gasteiger partial charge >= 0.3 is 11.9 Å². The van der Waals surface area contributed by atoms with Crippen LogP contribution in [0.2, 0.25) is 0 Å². The minimum absolute atomic E-state index is 0.0270. The first kappa shape index (κ1) is 59.0. The second-order valence-electron chi connectivity index (χ2n) is 18.0. The molecule has 8 nitrogen and oxygen atoms in total. The minimum Gasteiger partial charge on any atom is -0.544 e. The highest BCUT2D eigenvalue weighted by atomic mass is 16.6. The topological polar surface area (TPSA) is 102 Å². The molecule has 0 aromatic carbocycles. The van der Waals surface area contributed by atoms with Crippen LogP contribution in [0.1, 0.15) is 213 Å². The molecule has 0 aliphatic carbocycles. The number of carboxylic acid groups (broad SMARTS) is 1. The molecule has 0 saturated heterocycles. The minimum atomic E-state index is -1.13. The van der Waals surface area contributed by atoms with Crippen molar-refractivity contribution in [2.75, 3.05) is 41.0 Å². The number of carboxylic acids is 1. The van der Waals surface area contributed by atoms with Gasteiger partial charge in [-0.05, 0) is 57.8 Å². The highest BCUT2D eigenvalue weighted by Gasteiger charge is 2.25. The van der Waals surface area contributed by atoms with Gasteiger partial charge in [0.1, 0.15) is 12.6 Å². The Morgan fingerprint density at radius 3 is 1.34 bits per heavy atom. The Labute approximate surface area is 381 Å². The Bertz CT molecular complexity index is 1200. The van der Waals surface area contributed by atoms with E-state index in [0.29, 0.717) is 12.8 Å². The monoisotopic (exact) mass is 870 g/mol. The molecule has 0 aliphatic rings. The summed E-state index contributed by atoms with van der Waals surface area (Å²) in [6.45, 7) is 4.53. The van der Waals surface area contributed by atoms with Gasteiger partial charge < -0.3 is 28.6 Å². The summed E-state index contributed by atoms with van der Waals surface area (Å²) in [5.74, 6) is -1.77. The van der Waals surface area contributed by atoms with Gasteiger partial charge in [-0.1, -0.05) is 197 Å². The number of allylic oxidation sites excluding steroid dienone is 10. The standard InChI is InChI=1S/C54H95NO7/c1-6-8-10-12-14-16-18-20-22-24-26-28-30-32-34-36-38-40-42-44-52(56)61-49-50(48-60-47-46-51(54(58)59)55(3,4)5)62-53(57)45-43-41-39-37-35-33-31-29-27-25-23-21-19-17-15-13-11-9-7-2/h9,11,15,17,21,23,27,29,33,35,50-51H,6-8,10,12-14,16,18-20,22,24-26,28,30-32,34,36-49H2,1-5H3/b11-9-,17-15-,23-21-,29-27-,35-33-. The molecule has 358 valence electrons. The lowest BCUT2D eigenvalue weighted by molar-refractivity contribution is -0.889. The quantitative estimate of drug-likeness (QED) is 0.0260. The predicted octanol–water partition coefficient (Wildman–Crippen LogP) is 13.2. The van der Waals surface area contributed by atoms with E-state index in [1.807, 2.05) is 0 Å². The fourth-order valence-corrected chi connectivity index (χ4v) is 7.27. The molecule has 0 aromatic heterocycles. The van der Waals surface area contributed by atoms with E-state index >= 15 is 0 Å². The van der Waals surface area contributed by atoms with Crippen LogP contribution in [0.4, 0.5) is 0 Å². The molecule has 0 N–H and O–H groups in total. The Hall–Kier alpha value is -2.97. The number of rotatable bonds is 45. The highest BCUT2D eigenvalue weighted by molar-refractivity contribution is 5.70. The zero-order valence-electron chi connectivity index (χ0n) is 40.8. The Kier molecular flexibility index (Phi) is 42.5. The van der Waals surface area contributed by atoms with Crippen molar-refractivity contribution >= 4 is 17.9 Å². The van der Waals surface area contributed by atoms with E-state index in [-0.39, 0.29) is 49.1 Å². The summed E-state index contributed by atoms with van der Waals surface area (Å²) < 4.78 is 17.2. The third-order valence-corrected chi connectivity index (χ3v) is 11.2. The summed E-state index contributed by atoms with van der Waals surface area (Å²) in [5, 5.41) is 11.7. The summed E-state index contributed by atoms with van der Waals surface area (Å²) in [7, 11) is 5.40. The maximum absolute atomic E-state index is 12.8. The third-order valence-electron chi connectivity index (χ3n) is 11.2. The number of hydrogen-bond donors (Lipinski definition) is 0. The first-order chi connectivity index (χ1) is 30.1. The first-order valence-corrected chi connectivity index (χ1v) is 25.3. The zero-order chi connectivity index (χ0) is 45.6. The van der Waals surface area contributed by atoms with Gasteiger partial charge in [0.25, 0.3) is 0 Å². The van der Waals surface area contributed by atoms with Gasteiger partial charge in [-0.25, -0.2) is 0 Å². The Balaban J connectivity index is 4.31. The van der Waals surface area contributed by atoms with Crippen LogP contribution >= 0.6 is 0 Å². The van der Waals surface area contributed by atoms with Crippen LogP contribution in [-0.2, 0) is 28.6 Å². The smallest absolute Gasteiger partial charge is 0.306 e. The van der Waals surface area contributed by atoms with E-state index in [4.69, 9.17) is 14.2 Å². The number of carbonyl (C=O) groups excluding carboxylic acids is 3. The van der Waals surface area contributed by atoms with Crippen LogP contribution in [0.25, 0.3) is 0 Å². The van der Waals surface area contributed by atoms with Crippen molar-refractivity contribution in [3.8, 4) is 0 Å². The summed E-state index contributed by atoms with van der Waals surface area (Å²) in [4.78, 5) is 37.0. The lowest BCUT2D eigenvalue weighted by Crippen LogP contribution is -2.55. The zero-order valence-corrected chi connectivity index (χ0v) is 40.8. The fraction of sp³-hybridized carbons (Fsp3) is 0.759. The number of esters is 2. The number of quaternary nitrogens is 1. The maximum atomic E-state index is 12.8. The van der Waals surface area contributed by atoms with Crippen LogP contribution in [0.5, 0.6) is 0 Å². The van der Waals surface area contributed by atoms with Crippen molar-refractivity contribution in [1.82, 2.24) is 0 Å². The van der Waals surface area contributed by atoms with Crippen molar-refractivity contribution < 1.29 is 38.2 Å². The van der Waals surface area contributed by atoms with E-state index < -0.39 is 18.1 Å². The number of ether oxygens (including phenoxy) is 3. The predicted molar refractivity (Wildman–Crippen MR) is 259 cm³/mol. The fourth-order valence-electron chi connectivity index (χ4n) is 7.27. The average Bonchev–Trinajstić information content (AvgIpc) is 3.23. The van der Waals surface area contributed by atoms with Gasteiger partial charge in [0.05, 0.1) is 40.3 Å². The molecular formula is C54H95NO7. The summed E-state index contributed by atoms with van der Waals surface area (Å²) in [6.07, 6.45) is 55.4. The van der Waals surface area contributed by atoms with Crippen LogP contribution in [0.15, 0.2) is 60.8 Å². The number of aliphatic carboxylic acids is 1. The van der Waals surface area contributed by atoms with Crippen molar-refractivity contribution in [1.29, 1.82) is 0 Å². The Morgan fingerprint density at radius 2 is 0.903 bits per heavy atom. The van der Waals surface area contributed by atoms with Gasteiger partial charge in [-0.3, -0.25) is 9.59 Å². The van der Waals surface area contributed by atoms with Crippen molar-refractivity contribution in [3.63, 3.8) is 0 Å². The van der Waals surface area contributed by atoms with E-state index in [1.54, 1.807) is 21.1 Å². The van der Waals surface area contributed by atoms with Crippen LogP contribution < -0.4 is 5.11 Å². The largest absolute Gasteiger partial charge is 0.544 e. The van der Waals surface area contributed by atoms with Gasteiger partial charge in [-0.2, -0.15) is 0 Å². The molecule has 8 heteroatoms. The summed E-state index contributed by atoms with van der Waals surface area (Å²) in [5.41, 5.74) is 0. The molecule has 0 amide bonds. The lowest BCUT2D eigenvalue weighted by atomic mass is 10.0. The molecule has 0 aromatic rings. The number of likely N-dealkylation sites (N-methyl/N-ethyl adjacent to an activating group) is 1. The molecule has 0 radical (unpaired) electrons. The SMILES string of the molecule is CC/C=C\C/C=C\C/C=C\C/C=C\C/C=C\CCCCCC(=O)OC(COCCC(C(=O)[O-])[N+](C)(C)C)COC(=O)CCCCCCCCCCCCCCCCCCCCC. The van der Waals surface area contributed by atoms with Crippen molar-refractivity contribution in [3.05, 3.63) is 60.8 Å². The molecule has 0 spiro atoms. The average molecular weight is 870 g/mol. The normalized spacial score (nSPS) is 13.4. The Morgan fingerprint density at radius 1 is 0.500 bits per heavy atom. The van der Waals surface area contributed by atoms with E-state index in [1.165, 1.54) is 103 Å². The molecule has 0 heterocycles. The van der Waals surface area contributed by atoms with Gasteiger partial charge in [0.15, 0.2) is 6.10 Å². The molecule has 0 aliphatic heterocycles. The van der Waals surface area contributed by atoms with Crippen LogP contribution in [0.3, 0.4) is 0 Å². The van der Waals surface area contributed by atoms with E-state index in [0.717, 1.165) is 70.6 Å². The highest BCUT2D eigenvalue weighted by Crippen LogP contribution is 2.16. The van der Waals surface area contributed by atoms with Gasteiger partial charge in [-0.15, -0.1) is 0 Å². The summed E-state index contributed by atoms with van der Waals surface area (Å²) >= 11 is 0. The van der Waals surface area contributed by atoms with Crippen molar-refractivity contribution in [2.45, 2.75) is 225 Å². The molecular weight excluding hydrogens is 775 g/mol. The molecule has 0 fully saturated rings. The molecule has 0 rings (SSSR count). The number of hydrogen-bond acceptors (Lipinski definition) is 7. The van der Waals surface area contributed by atoms with E-state index in [2.05, 4.69) is 74.6 Å². The second kappa shape index (κ2) is 44.6. The van der Waals surface area contributed by atoms with Crippen molar-refractivity contribution in [2.24, 2.45) is 0 Å². The molecule has 2 atom stereocenters. The van der Waals surface area contributed by atoms with Crippen LogP contribution in [-0.4, -0.2) is 75.5 Å². The molecule has 62 heavy (non-hydrogen) atoms. The number of nitrogens with zero attached hydrogens (tertiary/aromatic N) is 1. The van der Waals surface area contributed by atoms with Crippen LogP contribution in [0, 0.1) is 0 Å². The second-order valence-corrected chi connectivity index (χ2v) is 18.0. The first-order valence-electron chi connectivity index (χ1n) is 25.3. The lowest BCUT2D eigenvalue weighted by Gasteiger charge is -2.34. The molecule has 0 saturated carbocycles. The third kappa shape index (κ3) is 42.3.